The molecular formula is C11H16ClNO. The summed E-state index contributed by atoms with van der Waals surface area (Å²) >= 11 is 5.91. The fourth-order valence-electron chi connectivity index (χ4n) is 1.31. The molecule has 0 radical (unpaired) electrons. The number of hydrogen-bond donors (Lipinski definition) is 1. The van der Waals surface area contributed by atoms with Gasteiger partial charge < -0.3 is 10.1 Å². The summed E-state index contributed by atoms with van der Waals surface area (Å²) in [6.45, 7) is 4.81. The van der Waals surface area contributed by atoms with Crippen LogP contribution in [-0.2, 0) is 4.74 Å². The Kier molecular flexibility index (Phi) is 4.23. The molecule has 0 aliphatic rings. The van der Waals surface area contributed by atoms with Crippen LogP contribution in [0.25, 0.3) is 0 Å². The molecular weight excluding hydrogens is 198 g/mol. The monoisotopic (exact) mass is 213 g/mol. The molecule has 1 rings (SSSR count). The molecule has 0 heterocycles. The van der Waals surface area contributed by atoms with E-state index in [1.54, 1.807) is 7.11 Å². The van der Waals surface area contributed by atoms with Crippen molar-refractivity contribution in [2.45, 2.75) is 19.9 Å². The molecule has 1 aromatic rings. The standard InChI is InChI=1S/C11H16ClNO/c1-8-4-5-10(12)6-11(8)13-9(2)7-14-3/h4-6,9,13H,7H2,1-3H3/t9-/m1/s1. The molecule has 0 unspecified atom stereocenters. The number of nitrogens with one attached hydrogen (secondary N) is 1. The first kappa shape index (κ1) is 11.3. The van der Waals surface area contributed by atoms with E-state index in [9.17, 15) is 0 Å². The van der Waals surface area contributed by atoms with Crippen molar-refractivity contribution in [1.82, 2.24) is 0 Å². The summed E-state index contributed by atoms with van der Waals surface area (Å²) in [4.78, 5) is 0. The molecule has 0 bridgehead atoms. The van der Waals surface area contributed by atoms with Gasteiger partial charge in [-0.2, -0.15) is 0 Å². The number of anilines is 1. The molecule has 0 aliphatic heterocycles. The number of methoxy groups -OCH3 is 1. The number of benzene rings is 1. The summed E-state index contributed by atoms with van der Waals surface area (Å²) < 4.78 is 5.05. The van der Waals surface area contributed by atoms with Gasteiger partial charge >= 0.3 is 0 Å². The predicted octanol–water partition coefficient (Wildman–Crippen LogP) is 3.10. The van der Waals surface area contributed by atoms with Crippen molar-refractivity contribution in [2.24, 2.45) is 0 Å². The van der Waals surface area contributed by atoms with E-state index in [0.29, 0.717) is 6.61 Å². The Morgan fingerprint density at radius 1 is 1.50 bits per heavy atom. The smallest absolute Gasteiger partial charge is 0.0661 e. The van der Waals surface area contributed by atoms with Crippen molar-refractivity contribution in [3.05, 3.63) is 28.8 Å². The quantitative estimate of drug-likeness (QED) is 0.830. The molecule has 14 heavy (non-hydrogen) atoms. The highest BCUT2D eigenvalue weighted by atomic mass is 35.5. The SMILES string of the molecule is COC[C@@H](C)Nc1cc(Cl)ccc1C. The van der Waals surface area contributed by atoms with Gasteiger partial charge in [0.1, 0.15) is 0 Å². The molecule has 0 saturated carbocycles. The molecule has 1 atom stereocenters. The van der Waals surface area contributed by atoms with Gasteiger partial charge in [-0.05, 0) is 31.5 Å². The van der Waals surface area contributed by atoms with E-state index in [1.165, 1.54) is 5.56 Å². The van der Waals surface area contributed by atoms with Crippen LogP contribution in [0.2, 0.25) is 5.02 Å². The third-order valence-corrected chi connectivity index (χ3v) is 2.25. The highest BCUT2D eigenvalue weighted by Crippen LogP contribution is 2.20. The fourth-order valence-corrected chi connectivity index (χ4v) is 1.48. The highest BCUT2D eigenvalue weighted by Gasteiger charge is 2.03. The molecule has 1 aromatic carbocycles. The van der Waals surface area contributed by atoms with Gasteiger partial charge in [-0.3, -0.25) is 0 Å². The zero-order valence-corrected chi connectivity index (χ0v) is 9.56. The largest absolute Gasteiger partial charge is 0.383 e. The van der Waals surface area contributed by atoms with Crippen LogP contribution in [-0.4, -0.2) is 19.8 Å². The van der Waals surface area contributed by atoms with Crippen molar-refractivity contribution in [3.8, 4) is 0 Å². The Morgan fingerprint density at radius 2 is 2.21 bits per heavy atom. The summed E-state index contributed by atoms with van der Waals surface area (Å²) in [6, 6.07) is 6.12. The second-order valence-corrected chi connectivity index (χ2v) is 3.90. The number of rotatable bonds is 4. The molecule has 0 aromatic heterocycles. The molecule has 2 nitrogen and oxygen atoms in total. The highest BCUT2D eigenvalue weighted by molar-refractivity contribution is 6.30. The summed E-state index contributed by atoms with van der Waals surface area (Å²) in [5.74, 6) is 0. The van der Waals surface area contributed by atoms with Crippen molar-refractivity contribution in [3.63, 3.8) is 0 Å². The third kappa shape index (κ3) is 3.20. The molecule has 78 valence electrons. The first-order valence-electron chi connectivity index (χ1n) is 4.65. The van der Waals surface area contributed by atoms with Gasteiger partial charge in [0.25, 0.3) is 0 Å². The van der Waals surface area contributed by atoms with Gasteiger partial charge in [0.2, 0.25) is 0 Å². The first-order valence-corrected chi connectivity index (χ1v) is 5.03. The Labute approximate surface area is 90.2 Å². The zero-order chi connectivity index (χ0) is 10.6. The molecule has 0 aliphatic carbocycles. The van der Waals surface area contributed by atoms with Gasteiger partial charge in [-0.25, -0.2) is 0 Å². The number of hydrogen-bond acceptors (Lipinski definition) is 2. The van der Waals surface area contributed by atoms with E-state index < -0.39 is 0 Å². The molecule has 0 saturated heterocycles. The van der Waals surface area contributed by atoms with E-state index in [4.69, 9.17) is 16.3 Å². The molecule has 0 fully saturated rings. The van der Waals surface area contributed by atoms with Crippen LogP contribution in [0.4, 0.5) is 5.69 Å². The Morgan fingerprint density at radius 3 is 2.86 bits per heavy atom. The van der Waals surface area contributed by atoms with Gasteiger partial charge in [-0.15, -0.1) is 0 Å². The summed E-state index contributed by atoms with van der Waals surface area (Å²) in [5, 5.41) is 4.09. The average molecular weight is 214 g/mol. The minimum atomic E-state index is 0.289. The van der Waals surface area contributed by atoms with Crippen molar-refractivity contribution in [1.29, 1.82) is 0 Å². The van der Waals surface area contributed by atoms with E-state index in [-0.39, 0.29) is 6.04 Å². The van der Waals surface area contributed by atoms with E-state index in [0.717, 1.165) is 10.7 Å². The topological polar surface area (TPSA) is 21.3 Å². The second-order valence-electron chi connectivity index (χ2n) is 3.46. The van der Waals surface area contributed by atoms with Crippen LogP contribution in [0, 0.1) is 6.92 Å². The molecule has 1 N–H and O–H groups in total. The minimum Gasteiger partial charge on any atom is -0.383 e. The van der Waals surface area contributed by atoms with Crippen molar-refractivity contribution in [2.75, 3.05) is 19.0 Å². The second kappa shape index (κ2) is 5.23. The van der Waals surface area contributed by atoms with Crippen LogP contribution in [0.3, 0.4) is 0 Å². The van der Waals surface area contributed by atoms with E-state index in [2.05, 4.69) is 19.2 Å². The Balaban J connectivity index is 2.70. The first-order chi connectivity index (χ1) is 6.63. The van der Waals surface area contributed by atoms with Gasteiger partial charge in [0.15, 0.2) is 0 Å². The third-order valence-electron chi connectivity index (χ3n) is 2.02. The lowest BCUT2D eigenvalue weighted by molar-refractivity contribution is 0.190. The maximum absolute atomic E-state index is 5.91. The lowest BCUT2D eigenvalue weighted by Gasteiger charge is -2.16. The number of aryl methyl sites for hydroxylation is 1. The summed E-state index contributed by atoms with van der Waals surface area (Å²) in [5.41, 5.74) is 2.26. The maximum Gasteiger partial charge on any atom is 0.0661 e. The normalized spacial score (nSPS) is 12.6. The van der Waals surface area contributed by atoms with Gasteiger partial charge in [-0.1, -0.05) is 17.7 Å². The van der Waals surface area contributed by atoms with Gasteiger partial charge in [0.05, 0.1) is 6.61 Å². The summed E-state index contributed by atoms with van der Waals surface area (Å²) in [6.07, 6.45) is 0. The van der Waals surface area contributed by atoms with Crippen molar-refractivity contribution < 1.29 is 4.74 Å². The fraction of sp³-hybridized carbons (Fsp3) is 0.455. The van der Waals surface area contributed by atoms with Crippen LogP contribution >= 0.6 is 11.6 Å². The van der Waals surface area contributed by atoms with Crippen LogP contribution in [0.15, 0.2) is 18.2 Å². The minimum absolute atomic E-state index is 0.289. The van der Waals surface area contributed by atoms with E-state index in [1.807, 2.05) is 18.2 Å². The molecule has 0 spiro atoms. The predicted molar refractivity (Wildman–Crippen MR) is 61.1 cm³/mol. The number of halogens is 1. The molecule has 0 amide bonds. The lowest BCUT2D eigenvalue weighted by atomic mass is 10.2. The van der Waals surface area contributed by atoms with Gasteiger partial charge in [0, 0.05) is 23.9 Å². The summed E-state index contributed by atoms with van der Waals surface area (Å²) in [7, 11) is 1.70. The van der Waals surface area contributed by atoms with Crippen molar-refractivity contribution >= 4 is 17.3 Å². The average Bonchev–Trinajstić information content (AvgIpc) is 2.12. The van der Waals surface area contributed by atoms with E-state index >= 15 is 0 Å². The number of ether oxygens (including phenoxy) is 1. The van der Waals surface area contributed by atoms with Crippen LogP contribution in [0.5, 0.6) is 0 Å². The Hall–Kier alpha value is -0.730. The van der Waals surface area contributed by atoms with Crippen LogP contribution in [0.1, 0.15) is 12.5 Å². The van der Waals surface area contributed by atoms with Crippen LogP contribution < -0.4 is 5.32 Å². The molecule has 3 heteroatoms. The zero-order valence-electron chi connectivity index (χ0n) is 8.80. The lowest BCUT2D eigenvalue weighted by Crippen LogP contribution is -2.21. The Bertz CT molecular complexity index is 301. The maximum atomic E-state index is 5.91.